The molecule has 0 aliphatic rings. The Labute approximate surface area is 103 Å². The number of amides is 1. The first-order chi connectivity index (χ1) is 7.86. The summed E-state index contributed by atoms with van der Waals surface area (Å²) >= 11 is 5.71. The van der Waals surface area contributed by atoms with Gasteiger partial charge >= 0.3 is 0 Å². The molecule has 0 aliphatic carbocycles. The Morgan fingerprint density at radius 2 is 2.18 bits per heavy atom. The van der Waals surface area contributed by atoms with Crippen molar-refractivity contribution >= 4 is 27.5 Å². The number of sulfonamides is 1. The van der Waals surface area contributed by atoms with Crippen LogP contribution in [0.5, 0.6) is 0 Å². The Kier molecular flexibility index (Phi) is 4.07. The number of rotatable bonds is 4. The average Bonchev–Trinajstić information content (AvgIpc) is 2.27. The number of halogens is 1. The van der Waals surface area contributed by atoms with Crippen LogP contribution in [0.1, 0.15) is 5.56 Å². The first-order valence-corrected chi connectivity index (χ1v) is 6.20. The summed E-state index contributed by atoms with van der Waals surface area (Å²) in [4.78, 5) is 10.2. The third-order valence-corrected chi connectivity index (χ3v) is 3.67. The van der Waals surface area contributed by atoms with Gasteiger partial charge in [-0.05, 0) is 18.2 Å². The Morgan fingerprint density at radius 3 is 2.71 bits per heavy atom. The Morgan fingerprint density at radius 1 is 1.53 bits per heavy atom. The van der Waals surface area contributed by atoms with Crippen molar-refractivity contribution < 1.29 is 13.2 Å². The number of nitrogens with zero attached hydrogens (tertiary/aromatic N) is 1. The SMILES string of the molecule is N#Cc1ccc(Cl)c(S(=O)(=O)NCC(N)=O)c1. The number of carbonyl (C=O) groups excluding carboxylic acids is 1. The molecule has 0 radical (unpaired) electrons. The normalized spacial score (nSPS) is 10.8. The molecule has 0 saturated carbocycles. The smallest absolute Gasteiger partial charge is 0.242 e. The van der Waals surface area contributed by atoms with E-state index < -0.39 is 22.5 Å². The van der Waals surface area contributed by atoms with Crippen LogP contribution in [-0.2, 0) is 14.8 Å². The molecular weight excluding hydrogens is 266 g/mol. The van der Waals surface area contributed by atoms with Gasteiger partial charge in [0.05, 0.1) is 23.2 Å². The van der Waals surface area contributed by atoms with E-state index in [0.29, 0.717) is 0 Å². The molecular formula is C9H8ClN3O3S. The lowest BCUT2D eigenvalue weighted by atomic mass is 10.2. The van der Waals surface area contributed by atoms with Crippen molar-refractivity contribution in [2.45, 2.75) is 4.90 Å². The van der Waals surface area contributed by atoms with Gasteiger partial charge in [0.15, 0.2) is 0 Å². The Balaban J connectivity index is 3.15. The van der Waals surface area contributed by atoms with E-state index in [1.165, 1.54) is 12.1 Å². The molecule has 1 amide bonds. The number of nitrogens with one attached hydrogen (secondary N) is 1. The molecule has 17 heavy (non-hydrogen) atoms. The summed E-state index contributed by atoms with van der Waals surface area (Å²) in [6.45, 7) is -0.532. The van der Waals surface area contributed by atoms with Crippen molar-refractivity contribution in [2.24, 2.45) is 5.73 Å². The van der Waals surface area contributed by atoms with E-state index in [0.717, 1.165) is 6.07 Å². The Bertz CT molecular complexity index is 592. The minimum Gasteiger partial charge on any atom is -0.369 e. The maximum absolute atomic E-state index is 11.7. The first-order valence-electron chi connectivity index (χ1n) is 4.34. The van der Waals surface area contributed by atoms with Crippen LogP contribution in [0.4, 0.5) is 0 Å². The molecule has 0 saturated heterocycles. The minimum absolute atomic E-state index is 0.0408. The van der Waals surface area contributed by atoms with Gasteiger partial charge in [-0.2, -0.15) is 5.26 Å². The maximum atomic E-state index is 11.7. The largest absolute Gasteiger partial charge is 0.369 e. The average molecular weight is 274 g/mol. The molecule has 8 heteroatoms. The molecule has 0 aliphatic heterocycles. The van der Waals surface area contributed by atoms with Crippen LogP contribution in [0, 0.1) is 11.3 Å². The fourth-order valence-electron chi connectivity index (χ4n) is 1.02. The van der Waals surface area contributed by atoms with Crippen molar-refractivity contribution in [3.63, 3.8) is 0 Å². The van der Waals surface area contributed by atoms with E-state index in [-0.39, 0.29) is 15.5 Å². The number of hydrogen-bond acceptors (Lipinski definition) is 4. The van der Waals surface area contributed by atoms with Crippen LogP contribution in [0.3, 0.4) is 0 Å². The minimum atomic E-state index is -3.95. The zero-order chi connectivity index (χ0) is 13.1. The topological polar surface area (TPSA) is 113 Å². The molecule has 0 heterocycles. The highest BCUT2D eigenvalue weighted by atomic mass is 35.5. The predicted octanol–water partition coefficient (Wildman–Crippen LogP) is -0.0247. The lowest BCUT2D eigenvalue weighted by Crippen LogP contribution is -2.33. The molecule has 0 unspecified atom stereocenters. The highest BCUT2D eigenvalue weighted by Gasteiger charge is 2.18. The van der Waals surface area contributed by atoms with Gasteiger partial charge in [0.2, 0.25) is 15.9 Å². The molecule has 90 valence electrons. The summed E-state index contributed by atoms with van der Waals surface area (Å²) in [7, 11) is -3.95. The van der Waals surface area contributed by atoms with E-state index >= 15 is 0 Å². The van der Waals surface area contributed by atoms with Gasteiger partial charge in [-0.25, -0.2) is 13.1 Å². The third kappa shape index (κ3) is 3.42. The van der Waals surface area contributed by atoms with Crippen LogP contribution in [0.15, 0.2) is 23.1 Å². The van der Waals surface area contributed by atoms with Gasteiger partial charge in [0.25, 0.3) is 0 Å². The molecule has 3 N–H and O–H groups in total. The number of carbonyl (C=O) groups is 1. The lowest BCUT2D eigenvalue weighted by molar-refractivity contribution is -0.116. The van der Waals surface area contributed by atoms with Crippen LogP contribution in [-0.4, -0.2) is 20.9 Å². The summed E-state index contributed by atoms with van der Waals surface area (Å²) in [6, 6.07) is 5.58. The van der Waals surface area contributed by atoms with Crippen molar-refractivity contribution in [3.05, 3.63) is 28.8 Å². The molecule has 0 atom stereocenters. The molecule has 1 rings (SSSR count). The second-order valence-electron chi connectivity index (χ2n) is 3.05. The predicted molar refractivity (Wildman–Crippen MR) is 60.5 cm³/mol. The van der Waals surface area contributed by atoms with E-state index in [1.54, 1.807) is 6.07 Å². The summed E-state index contributed by atoms with van der Waals surface area (Å²) in [5, 5.41) is 8.61. The van der Waals surface area contributed by atoms with Gasteiger partial charge in [-0.1, -0.05) is 11.6 Å². The molecule has 1 aromatic rings. The zero-order valence-corrected chi connectivity index (χ0v) is 10.0. The highest BCUT2D eigenvalue weighted by molar-refractivity contribution is 7.89. The zero-order valence-electron chi connectivity index (χ0n) is 8.47. The van der Waals surface area contributed by atoms with Gasteiger partial charge in [-0.15, -0.1) is 0 Å². The number of benzene rings is 1. The van der Waals surface area contributed by atoms with Gasteiger partial charge in [0.1, 0.15) is 4.90 Å². The second-order valence-corrected chi connectivity index (χ2v) is 5.19. The second kappa shape index (κ2) is 5.14. The third-order valence-electron chi connectivity index (χ3n) is 1.79. The highest BCUT2D eigenvalue weighted by Crippen LogP contribution is 2.22. The van der Waals surface area contributed by atoms with E-state index in [2.05, 4.69) is 0 Å². The fraction of sp³-hybridized carbons (Fsp3) is 0.111. The summed E-state index contributed by atoms with van der Waals surface area (Å²) in [5.74, 6) is -0.818. The van der Waals surface area contributed by atoms with Crippen molar-refractivity contribution in [1.82, 2.24) is 4.72 Å². The molecule has 1 aromatic carbocycles. The van der Waals surface area contributed by atoms with Crippen molar-refractivity contribution in [1.29, 1.82) is 5.26 Å². The molecule has 0 fully saturated rings. The number of nitriles is 1. The number of nitrogens with two attached hydrogens (primary N) is 1. The van der Waals surface area contributed by atoms with Gasteiger partial charge in [0, 0.05) is 0 Å². The van der Waals surface area contributed by atoms with E-state index in [9.17, 15) is 13.2 Å². The Hall–Kier alpha value is -1.62. The standard InChI is InChI=1S/C9H8ClN3O3S/c10-7-2-1-6(4-11)3-8(7)17(15,16)13-5-9(12)14/h1-3,13H,5H2,(H2,12,14). The van der Waals surface area contributed by atoms with Crippen LogP contribution in [0.2, 0.25) is 5.02 Å². The van der Waals surface area contributed by atoms with E-state index in [1.807, 2.05) is 4.72 Å². The van der Waals surface area contributed by atoms with Crippen LogP contribution >= 0.6 is 11.6 Å². The fourth-order valence-corrected chi connectivity index (χ4v) is 2.54. The van der Waals surface area contributed by atoms with Crippen molar-refractivity contribution in [3.8, 4) is 6.07 Å². The first kappa shape index (κ1) is 13.4. The summed E-state index contributed by atoms with van der Waals surface area (Å²) in [6.07, 6.45) is 0. The quantitative estimate of drug-likeness (QED) is 0.802. The molecule has 6 nitrogen and oxygen atoms in total. The number of hydrogen-bond donors (Lipinski definition) is 2. The summed E-state index contributed by atoms with van der Waals surface area (Å²) < 4.78 is 25.4. The maximum Gasteiger partial charge on any atom is 0.242 e. The van der Waals surface area contributed by atoms with Crippen LogP contribution in [0.25, 0.3) is 0 Å². The lowest BCUT2D eigenvalue weighted by Gasteiger charge is -2.06. The number of primary amides is 1. The van der Waals surface area contributed by atoms with E-state index in [4.69, 9.17) is 22.6 Å². The molecule has 0 bridgehead atoms. The van der Waals surface area contributed by atoms with Gasteiger partial charge < -0.3 is 5.73 Å². The monoisotopic (exact) mass is 273 g/mol. The van der Waals surface area contributed by atoms with Crippen molar-refractivity contribution in [2.75, 3.05) is 6.54 Å². The van der Waals surface area contributed by atoms with Crippen LogP contribution < -0.4 is 10.5 Å². The molecule has 0 spiro atoms. The summed E-state index contributed by atoms with van der Waals surface area (Å²) in [5.41, 5.74) is 4.97. The molecule has 0 aromatic heterocycles. The van der Waals surface area contributed by atoms with Gasteiger partial charge in [-0.3, -0.25) is 4.79 Å².